The third-order valence-corrected chi connectivity index (χ3v) is 9.04. The molecule has 35 heavy (non-hydrogen) atoms. The van der Waals surface area contributed by atoms with E-state index in [1.54, 1.807) is 0 Å². The van der Waals surface area contributed by atoms with Crippen molar-refractivity contribution in [2.75, 3.05) is 17.7 Å². The average molecular weight is 479 g/mol. The minimum absolute atomic E-state index is 0.00456. The first-order chi connectivity index (χ1) is 16.8. The SMILES string of the molecule is COC12CCC(Nc3ccc(-c4c(C)noc4C)cc3NC(=O)C3CC4CC4C(=O)N3)(CC1)CC2. The molecule has 5 fully saturated rings. The van der Waals surface area contributed by atoms with Crippen molar-refractivity contribution in [2.45, 2.75) is 82.4 Å². The Morgan fingerprint density at radius 1 is 1.11 bits per heavy atom. The molecule has 1 aromatic heterocycles. The van der Waals surface area contributed by atoms with E-state index in [9.17, 15) is 9.59 Å². The van der Waals surface area contributed by atoms with Crippen molar-refractivity contribution in [3.8, 4) is 11.1 Å². The van der Waals surface area contributed by atoms with E-state index in [0.29, 0.717) is 12.3 Å². The van der Waals surface area contributed by atoms with E-state index in [1.165, 1.54) is 0 Å². The van der Waals surface area contributed by atoms with Crippen LogP contribution >= 0.6 is 0 Å². The van der Waals surface area contributed by atoms with Gasteiger partial charge in [0, 0.05) is 24.1 Å². The summed E-state index contributed by atoms with van der Waals surface area (Å²) in [6.07, 6.45) is 7.88. The Balaban J connectivity index is 1.29. The third kappa shape index (κ3) is 3.92. The van der Waals surface area contributed by atoms with Gasteiger partial charge in [-0.3, -0.25) is 9.59 Å². The molecule has 0 spiro atoms. The maximum atomic E-state index is 13.3. The highest BCUT2D eigenvalue weighted by molar-refractivity contribution is 6.01. The van der Waals surface area contributed by atoms with Crippen LogP contribution in [0.1, 0.15) is 62.8 Å². The normalized spacial score (nSPS) is 33.1. The zero-order valence-electron chi connectivity index (χ0n) is 20.7. The molecule has 1 aliphatic heterocycles. The standard InChI is InChI=1S/C27H34N4O4/c1-15-23(16(2)35-31-15)17-4-5-20(30-26-6-9-27(34-3,10-7-26)11-8-26)21(13-17)28-25(33)22-14-18-12-19(18)24(32)29-22/h4-5,13,18-19,22,30H,6-12,14H2,1-3H3,(H,28,33)(H,29,32). The number of rotatable bonds is 6. The van der Waals surface area contributed by atoms with E-state index in [2.05, 4.69) is 33.2 Å². The first-order valence-corrected chi connectivity index (χ1v) is 12.8. The Morgan fingerprint density at radius 2 is 1.86 bits per heavy atom. The Morgan fingerprint density at radius 3 is 2.49 bits per heavy atom. The molecule has 8 nitrogen and oxygen atoms in total. The summed E-state index contributed by atoms with van der Waals surface area (Å²) in [6.45, 7) is 3.82. The van der Waals surface area contributed by atoms with E-state index >= 15 is 0 Å². The second-order valence-electron chi connectivity index (χ2n) is 11.1. The fourth-order valence-electron chi connectivity index (χ4n) is 6.60. The van der Waals surface area contributed by atoms with Crippen molar-refractivity contribution in [1.29, 1.82) is 0 Å². The van der Waals surface area contributed by atoms with Gasteiger partial charge in [-0.15, -0.1) is 0 Å². The van der Waals surface area contributed by atoms with Crippen LogP contribution < -0.4 is 16.0 Å². The number of amides is 2. The Labute approximate surface area is 205 Å². The van der Waals surface area contributed by atoms with Gasteiger partial charge in [0.25, 0.3) is 0 Å². The number of piperidine rings is 1. The van der Waals surface area contributed by atoms with Gasteiger partial charge in [-0.1, -0.05) is 11.2 Å². The molecule has 8 heteroatoms. The molecule has 3 N–H and O–H groups in total. The molecule has 7 rings (SSSR count). The molecule has 2 amide bonds. The fraction of sp³-hybridized carbons (Fsp3) is 0.593. The number of nitrogens with zero attached hydrogens (tertiary/aromatic N) is 1. The molecule has 2 bridgehead atoms. The monoisotopic (exact) mass is 478 g/mol. The molecule has 4 saturated carbocycles. The molecular formula is C27H34N4O4. The van der Waals surface area contributed by atoms with Crippen molar-refractivity contribution in [2.24, 2.45) is 11.8 Å². The Hall–Kier alpha value is -2.87. The quantitative estimate of drug-likeness (QED) is 0.571. The summed E-state index contributed by atoms with van der Waals surface area (Å²) >= 11 is 0. The van der Waals surface area contributed by atoms with Gasteiger partial charge in [-0.2, -0.15) is 0 Å². The van der Waals surface area contributed by atoms with Crippen molar-refractivity contribution in [3.63, 3.8) is 0 Å². The number of benzene rings is 1. The van der Waals surface area contributed by atoms with Gasteiger partial charge in [0.15, 0.2) is 0 Å². The Bertz CT molecular complexity index is 1140. The summed E-state index contributed by atoms with van der Waals surface area (Å²) in [7, 11) is 1.83. The van der Waals surface area contributed by atoms with Crippen LogP contribution in [0.4, 0.5) is 11.4 Å². The smallest absolute Gasteiger partial charge is 0.247 e. The summed E-state index contributed by atoms with van der Waals surface area (Å²) in [5.41, 5.74) is 4.37. The molecular weight excluding hydrogens is 444 g/mol. The van der Waals surface area contributed by atoms with Gasteiger partial charge in [-0.05, 0) is 88.8 Å². The van der Waals surface area contributed by atoms with Gasteiger partial charge in [-0.25, -0.2) is 0 Å². The van der Waals surface area contributed by atoms with Gasteiger partial charge < -0.3 is 25.2 Å². The molecule has 2 heterocycles. The maximum absolute atomic E-state index is 13.3. The van der Waals surface area contributed by atoms with Gasteiger partial charge in [0.2, 0.25) is 11.8 Å². The van der Waals surface area contributed by atoms with Crippen LogP contribution in [0.2, 0.25) is 0 Å². The van der Waals surface area contributed by atoms with E-state index in [1.807, 2.05) is 27.0 Å². The van der Waals surface area contributed by atoms with Crippen LogP contribution in [0, 0.1) is 25.7 Å². The fourth-order valence-corrected chi connectivity index (χ4v) is 6.60. The zero-order chi connectivity index (χ0) is 24.4. The van der Waals surface area contributed by atoms with Crippen molar-refractivity contribution in [1.82, 2.24) is 10.5 Å². The predicted molar refractivity (Wildman–Crippen MR) is 132 cm³/mol. The average Bonchev–Trinajstić information content (AvgIpc) is 3.59. The summed E-state index contributed by atoms with van der Waals surface area (Å²) in [6, 6.07) is 5.61. The zero-order valence-corrected chi connectivity index (χ0v) is 20.7. The highest BCUT2D eigenvalue weighted by Gasteiger charge is 2.50. The molecule has 5 aliphatic rings. The first-order valence-electron chi connectivity index (χ1n) is 12.8. The van der Waals surface area contributed by atoms with Gasteiger partial charge in [0.05, 0.1) is 22.7 Å². The number of aryl methyl sites for hydroxylation is 2. The van der Waals surface area contributed by atoms with E-state index in [0.717, 1.165) is 78.9 Å². The predicted octanol–water partition coefficient (Wildman–Crippen LogP) is 4.33. The lowest BCUT2D eigenvalue weighted by Crippen LogP contribution is -2.54. The number of nitrogens with one attached hydrogen (secondary N) is 3. The van der Waals surface area contributed by atoms with Crippen LogP contribution in [0.3, 0.4) is 0 Å². The van der Waals surface area contributed by atoms with Crippen LogP contribution in [0.15, 0.2) is 22.7 Å². The largest absolute Gasteiger partial charge is 0.378 e. The molecule has 4 aliphatic carbocycles. The highest BCUT2D eigenvalue weighted by atomic mass is 16.5. The number of fused-ring (bicyclic) bond motifs is 4. The van der Waals surface area contributed by atoms with Crippen LogP contribution in [-0.2, 0) is 14.3 Å². The molecule has 0 radical (unpaired) electrons. The summed E-state index contributed by atoms with van der Waals surface area (Å²) < 4.78 is 11.3. The highest BCUT2D eigenvalue weighted by Crippen LogP contribution is 2.51. The van der Waals surface area contributed by atoms with Gasteiger partial charge >= 0.3 is 0 Å². The minimum atomic E-state index is -0.494. The lowest BCUT2D eigenvalue weighted by Gasteiger charge is -2.53. The number of carbonyl (C=O) groups is 2. The summed E-state index contributed by atoms with van der Waals surface area (Å²) in [5.74, 6) is 1.04. The first kappa shape index (κ1) is 22.6. The van der Waals surface area contributed by atoms with E-state index in [-0.39, 0.29) is 28.9 Å². The Kier molecular flexibility index (Phi) is 5.22. The number of anilines is 2. The minimum Gasteiger partial charge on any atom is -0.378 e. The number of hydrogen-bond donors (Lipinski definition) is 3. The number of carbonyl (C=O) groups excluding carboxylic acids is 2. The molecule has 3 atom stereocenters. The van der Waals surface area contributed by atoms with Crippen LogP contribution in [-0.4, -0.2) is 41.3 Å². The topological polar surface area (TPSA) is 105 Å². The van der Waals surface area contributed by atoms with Crippen molar-refractivity contribution < 1.29 is 18.8 Å². The van der Waals surface area contributed by atoms with Crippen LogP contribution in [0.25, 0.3) is 11.1 Å². The lowest BCUT2D eigenvalue weighted by molar-refractivity contribution is -0.129. The lowest BCUT2D eigenvalue weighted by atomic mass is 9.63. The third-order valence-electron chi connectivity index (χ3n) is 9.04. The molecule has 2 aromatic rings. The molecule has 1 saturated heterocycles. The van der Waals surface area contributed by atoms with E-state index < -0.39 is 6.04 Å². The molecule has 3 unspecified atom stereocenters. The van der Waals surface area contributed by atoms with E-state index in [4.69, 9.17) is 9.26 Å². The number of ether oxygens (including phenoxy) is 1. The van der Waals surface area contributed by atoms with Crippen LogP contribution in [0.5, 0.6) is 0 Å². The second-order valence-corrected chi connectivity index (χ2v) is 11.1. The van der Waals surface area contributed by atoms with Crippen molar-refractivity contribution >= 4 is 23.2 Å². The number of methoxy groups -OCH3 is 1. The van der Waals surface area contributed by atoms with Gasteiger partial charge in [0.1, 0.15) is 11.8 Å². The maximum Gasteiger partial charge on any atom is 0.247 e. The number of hydrogen-bond acceptors (Lipinski definition) is 6. The summed E-state index contributed by atoms with van der Waals surface area (Å²) in [5, 5.41) is 14.0. The molecule has 1 aromatic carbocycles. The molecule has 186 valence electrons. The summed E-state index contributed by atoms with van der Waals surface area (Å²) in [4.78, 5) is 25.5. The number of aromatic nitrogens is 1. The van der Waals surface area contributed by atoms with Crippen molar-refractivity contribution in [3.05, 3.63) is 29.7 Å². The second kappa shape index (κ2) is 8.08.